The van der Waals surface area contributed by atoms with Crippen LogP contribution in [-0.4, -0.2) is 20.7 Å². The van der Waals surface area contributed by atoms with Gasteiger partial charge in [-0.25, -0.2) is 9.37 Å². The molecule has 6 heteroatoms. The van der Waals surface area contributed by atoms with E-state index in [1.807, 2.05) is 42.8 Å². The highest BCUT2D eigenvalue weighted by atomic mass is 32.2. The van der Waals surface area contributed by atoms with E-state index < -0.39 is 0 Å². The first-order valence-electron chi connectivity index (χ1n) is 8.80. The van der Waals surface area contributed by atoms with Crippen LogP contribution in [0.15, 0.2) is 72.1 Å². The second-order valence-electron chi connectivity index (χ2n) is 6.37. The molecule has 27 heavy (non-hydrogen) atoms. The van der Waals surface area contributed by atoms with E-state index in [1.165, 1.54) is 29.5 Å². The molecule has 3 rings (SSSR count). The van der Waals surface area contributed by atoms with Crippen LogP contribution >= 0.6 is 11.8 Å². The summed E-state index contributed by atoms with van der Waals surface area (Å²) in [5, 5.41) is 3.48. The Morgan fingerprint density at radius 1 is 1.15 bits per heavy atom. The molecule has 4 nitrogen and oxygen atoms in total. The quantitative estimate of drug-likeness (QED) is 0.614. The minimum absolute atomic E-state index is 0.0777. The van der Waals surface area contributed by atoms with E-state index in [0.29, 0.717) is 6.54 Å². The van der Waals surface area contributed by atoms with E-state index >= 15 is 0 Å². The molecule has 140 valence electrons. The largest absolute Gasteiger partial charge is 0.349 e. The smallest absolute Gasteiger partial charge is 0.233 e. The average molecular weight is 383 g/mol. The summed E-state index contributed by atoms with van der Waals surface area (Å²) >= 11 is 1.42. The van der Waals surface area contributed by atoms with Crippen LogP contribution in [0.2, 0.25) is 0 Å². The van der Waals surface area contributed by atoms with Gasteiger partial charge in [0.25, 0.3) is 0 Å². The van der Waals surface area contributed by atoms with Crippen molar-refractivity contribution in [2.75, 3.05) is 0 Å². The van der Waals surface area contributed by atoms with Crippen LogP contribution < -0.4 is 5.32 Å². The molecular weight excluding hydrogens is 361 g/mol. The van der Waals surface area contributed by atoms with E-state index in [1.54, 1.807) is 18.3 Å². The lowest BCUT2D eigenvalue weighted by Gasteiger charge is -2.18. The minimum atomic E-state index is -0.301. The summed E-state index contributed by atoms with van der Waals surface area (Å²) in [5.41, 5.74) is 2.05. The monoisotopic (exact) mass is 383 g/mol. The van der Waals surface area contributed by atoms with E-state index in [2.05, 4.69) is 22.4 Å². The molecule has 0 radical (unpaired) electrons. The van der Waals surface area contributed by atoms with Gasteiger partial charge in [-0.1, -0.05) is 54.2 Å². The molecule has 0 aliphatic carbocycles. The third-order valence-electron chi connectivity index (χ3n) is 4.25. The Labute approximate surface area is 162 Å². The third-order valence-corrected chi connectivity index (χ3v) is 5.37. The van der Waals surface area contributed by atoms with Crippen molar-refractivity contribution in [2.24, 2.45) is 0 Å². The number of hydrogen-bond donors (Lipinski definition) is 1. The first-order valence-corrected chi connectivity index (χ1v) is 9.68. The lowest BCUT2D eigenvalue weighted by molar-refractivity contribution is -0.120. The standard InChI is InChI=1S/C21H22FN3OS/c1-15(18-8-10-19(22)11-9-18)24-20(26)16(2)27-21-23-12-13-25(21)14-17-6-4-3-5-7-17/h3-13,15-16H,14H2,1-2H3,(H,24,26). The minimum Gasteiger partial charge on any atom is -0.349 e. The van der Waals surface area contributed by atoms with Gasteiger partial charge < -0.3 is 9.88 Å². The van der Waals surface area contributed by atoms with Gasteiger partial charge in [0.05, 0.1) is 11.3 Å². The Bertz CT molecular complexity index is 880. The predicted octanol–water partition coefficient (Wildman–Crippen LogP) is 4.43. The van der Waals surface area contributed by atoms with Crippen LogP contribution in [0.3, 0.4) is 0 Å². The van der Waals surface area contributed by atoms with E-state index in [4.69, 9.17) is 0 Å². The van der Waals surface area contributed by atoms with Crippen molar-refractivity contribution in [1.29, 1.82) is 0 Å². The summed E-state index contributed by atoms with van der Waals surface area (Å²) in [5.74, 6) is -0.363. The number of rotatable bonds is 7. The maximum Gasteiger partial charge on any atom is 0.233 e. The summed E-state index contributed by atoms with van der Waals surface area (Å²) in [7, 11) is 0. The van der Waals surface area contributed by atoms with E-state index in [-0.39, 0.29) is 23.0 Å². The number of nitrogens with zero attached hydrogens (tertiary/aromatic N) is 2. The zero-order valence-electron chi connectivity index (χ0n) is 15.3. The second kappa shape index (κ2) is 8.86. The van der Waals surface area contributed by atoms with Crippen molar-refractivity contribution in [3.8, 4) is 0 Å². The molecule has 1 heterocycles. The highest BCUT2D eigenvalue weighted by Crippen LogP contribution is 2.23. The number of halogens is 1. The van der Waals surface area contributed by atoms with Gasteiger partial charge >= 0.3 is 0 Å². The van der Waals surface area contributed by atoms with Gasteiger partial charge in [-0.15, -0.1) is 0 Å². The summed E-state index contributed by atoms with van der Waals surface area (Å²) in [4.78, 5) is 16.9. The number of carbonyl (C=O) groups excluding carboxylic acids is 1. The number of nitrogens with one attached hydrogen (secondary N) is 1. The molecule has 2 atom stereocenters. The summed E-state index contributed by atoms with van der Waals surface area (Å²) < 4.78 is 15.1. The second-order valence-corrected chi connectivity index (χ2v) is 7.67. The predicted molar refractivity (Wildman–Crippen MR) is 106 cm³/mol. The fourth-order valence-electron chi connectivity index (χ4n) is 2.69. The molecular formula is C21H22FN3OS. The summed E-state index contributed by atoms with van der Waals surface area (Å²) in [6.45, 7) is 4.46. The van der Waals surface area contributed by atoms with Crippen molar-refractivity contribution >= 4 is 17.7 Å². The number of benzene rings is 2. The highest BCUT2D eigenvalue weighted by Gasteiger charge is 2.19. The van der Waals surface area contributed by atoms with Gasteiger partial charge in [-0.05, 0) is 37.1 Å². The van der Waals surface area contributed by atoms with Crippen LogP contribution in [0.4, 0.5) is 4.39 Å². The summed E-state index contributed by atoms with van der Waals surface area (Å²) in [6, 6.07) is 16.1. The number of carbonyl (C=O) groups is 1. The first kappa shape index (κ1) is 19.2. The zero-order chi connectivity index (χ0) is 19.2. The first-order chi connectivity index (χ1) is 13.0. The molecule has 1 aromatic heterocycles. The van der Waals surface area contributed by atoms with Gasteiger partial charge in [-0.2, -0.15) is 0 Å². The van der Waals surface area contributed by atoms with Crippen LogP contribution in [0.1, 0.15) is 31.0 Å². The molecule has 1 amide bonds. The molecule has 3 aromatic rings. The van der Waals surface area contributed by atoms with Crippen LogP contribution in [0.5, 0.6) is 0 Å². The zero-order valence-corrected chi connectivity index (χ0v) is 16.1. The maximum absolute atomic E-state index is 13.0. The lowest BCUT2D eigenvalue weighted by Crippen LogP contribution is -2.33. The Morgan fingerprint density at radius 3 is 2.56 bits per heavy atom. The number of imidazole rings is 1. The Balaban J connectivity index is 1.60. The molecule has 1 N–H and O–H groups in total. The van der Waals surface area contributed by atoms with Gasteiger partial charge in [0, 0.05) is 18.9 Å². The number of thioether (sulfide) groups is 1. The average Bonchev–Trinajstić information content (AvgIpc) is 3.09. The molecule has 0 saturated heterocycles. The Kier molecular flexibility index (Phi) is 6.29. The number of aromatic nitrogens is 2. The van der Waals surface area contributed by atoms with Crippen LogP contribution in [0.25, 0.3) is 0 Å². The normalized spacial score (nSPS) is 13.1. The van der Waals surface area contributed by atoms with E-state index in [9.17, 15) is 9.18 Å². The molecule has 2 unspecified atom stereocenters. The lowest BCUT2D eigenvalue weighted by atomic mass is 10.1. The fraction of sp³-hybridized carbons (Fsp3) is 0.238. The van der Waals surface area contributed by atoms with Gasteiger partial charge in [0.15, 0.2) is 5.16 Å². The van der Waals surface area contributed by atoms with Gasteiger partial charge in [0.1, 0.15) is 5.82 Å². The van der Waals surface area contributed by atoms with E-state index in [0.717, 1.165) is 10.7 Å². The molecule has 0 aliphatic rings. The molecule has 2 aromatic carbocycles. The highest BCUT2D eigenvalue weighted by molar-refractivity contribution is 8.00. The molecule has 0 bridgehead atoms. The van der Waals surface area contributed by atoms with Crippen molar-refractivity contribution in [3.05, 3.63) is 83.9 Å². The van der Waals surface area contributed by atoms with Crippen molar-refractivity contribution in [2.45, 2.75) is 36.8 Å². The van der Waals surface area contributed by atoms with Gasteiger partial charge in [-0.3, -0.25) is 4.79 Å². The molecule has 0 saturated carbocycles. The van der Waals surface area contributed by atoms with Crippen LogP contribution in [-0.2, 0) is 11.3 Å². The van der Waals surface area contributed by atoms with Crippen LogP contribution in [0, 0.1) is 5.82 Å². The molecule has 0 fully saturated rings. The van der Waals surface area contributed by atoms with Gasteiger partial charge in [0.2, 0.25) is 5.91 Å². The molecule has 0 aliphatic heterocycles. The summed E-state index contributed by atoms with van der Waals surface area (Å²) in [6.07, 6.45) is 3.66. The van der Waals surface area contributed by atoms with Crippen molar-refractivity contribution in [3.63, 3.8) is 0 Å². The number of hydrogen-bond acceptors (Lipinski definition) is 3. The Hall–Kier alpha value is -2.60. The molecule has 0 spiro atoms. The fourth-order valence-corrected chi connectivity index (χ4v) is 3.57. The third kappa shape index (κ3) is 5.20. The topological polar surface area (TPSA) is 46.9 Å². The maximum atomic E-state index is 13.0. The SMILES string of the molecule is CC(Sc1nccn1Cc1ccccc1)C(=O)NC(C)c1ccc(F)cc1. The van der Waals surface area contributed by atoms with Crippen molar-refractivity contribution in [1.82, 2.24) is 14.9 Å². The Morgan fingerprint density at radius 2 is 1.85 bits per heavy atom. The number of amides is 1. The van der Waals surface area contributed by atoms with Crippen molar-refractivity contribution < 1.29 is 9.18 Å².